The standard InChI is InChI=1S/C8H15NO/c1-9-6-4-8(2-3-8)5-7-10/h7,9H,2-6H2,1H3. The third kappa shape index (κ3) is 1.81. The fourth-order valence-electron chi connectivity index (χ4n) is 1.30. The first kappa shape index (κ1) is 7.73. The van der Waals surface area contributed by atoms with Gasteiger partial charge in [0.25, 0.3) is 0 Å². The lowest BCUT2D eigenvalue weighted by Crippen LogP contribution is -2.14. The highest BCUT2D eigenvalue weighted by Gasteiger charge is 2.40. The van der Waals surface area contributed by atoms with Gasteiger partial charge in [0.2, 0.25) is 0 Å². The molecule has 0 aromatic rings. The van der Waals surface area contributed by atoms with E-state index in [4.69, 9.17) is 0 Å². The van der Waals surface area contributed by atoms with Crippen molar-refractivity contribution in [2.75, 3.05) is 13.6 Å². The van der Waals surface area contributed by atoms with Crippen LogP contribution in [0.5, 0.6) is 0 Å². The Hall–Kier alpha value is -0.370. The molecule has 0 atom stereocenters. The van der Waals surface area contributed by atoms with Crippen LogP contribution in [0.4, 0.5) is 0 Å². The van der Waals surface area contributed by atoms with Crippen molar-refractivity contribution < 1.29 is 4.79 Å². The van der Waals surface area contributed by atoms with Gasteiger partial charge in [-0.25, -0.2) is 0 Å². The predicted octanol–water partition coefficient (Wildman–Crippen LogP) is 0.965. The van der Waals surface area contributed by atoms with Gasteiger partial charge in [-0.1, -0.05) is 0 Å². The highest BCUT2D eigenvalue weighted by Crippen LogP contribution is 2.50. The summed E-state index contributed by atoms with van der Waals surface area (Å²) in [5.74, 6) is 0. The van der Waals surface area contributed by atoms with Crippen LogP contribution in [0.1, 0.15) is 25.7 Å². The monoisotopic (exact) mass is 141 g/mol. The maximum Gasteiger partial charge on any atom is 0.120 e. The van der Waals surface area contributed by atoms with Crippen LogP contribution < -0.4 is 5.32 Å². The second kappa shape index (κ2) is 3.15. The van der Waals surface area contributed by atoms with Crippen LogP contribution in [-0.2, 0) is 4.79 Å². The van der Waals surface area contributed by atoms with Gasteiger partial charge in [-0.15, -0.1) is 0 Å². The van der Waals surface area contributed by atoms with Gasteiger partial charge in [-0.3, -0.25) is 0 Å². The van der Waals surface area contributed by atoms with Crippen molar-refractivity contribution in [3.63, 3.8) is 0 Å². The minimum absolute atomic E-state index is 0.421. The zero-order valence-electron chi connectivity index (χ0n) is 6.52. The van der Waals surface area contributed by atoms with Crippen molar-refractivity contribution in [3.8, 4) is 0 Å². The molecule has 0 unspecified atom stereocenters. The van der Waals surface area contributed by atoms with Crippen LogP contribution in [0.3, 0.4) is 0 Å². The van der Waals surface area contributed by atoms with Gasteiger partial charge < -0.3 is 10.1 Å². The normalized spacial score (nSPS) is 20.5. The van der Waals surface area contributed by atoms with E-state index < -0.39 is 0 Å². The largest absolute Gasteiger partial charge is 0.320 e. The molecule has 0 saturated heterocycles. The second-order valence-electron chi connectivity index (χ2n) is 3.22. The van der Waals surface area contributed by atoms with Crippen molar-refractivity contribution in [2.24, 2.45) is 5.41 Å². The molecule has 0 spiro atoms. The third-order valence-electron chi connectivity index (χ3n) is 2.38. The summed E-state index contributed by atoms with van der Waals surface area (Å²) in [5.41, 5.74) is 0.421. The first-order valence-electron chi connectivity index (χ1n) is 3.91. The van der Waals surface area contributed by atoms with Crippen LogP contribution in [0.25, 0.3) is 0 Å². The van der Waals surface area contributed by atoms with E-state index in [-0.39, 0.29) is 0 Å². The van der Waals surface area contributed by atoms with Crippen LogP contribution >= 0.6 is 0 Å². The quantitative estimate of drug-likeness (QED) is 0.578. The molecule has 1 N–H and O–H groups in total. The summed E-state index contributed by atoms with van der Waals surface area (Å²) in [5, 5.41) is 3.11. The minimum Gasteiger partial charge on any atom is -0.320 e. The van der Waals surface area contributed by atoms with Gasteiger partial charge in [0.1, 0.15) is 6.29 Å². The molecule has 1 aliphatic rings. The zero-order valence-corrected chi connectivity index (χ0v) is 6.52. The van der Waals surface area contributed by atoms with Gasteiger partial charge in [0, 0.05) is 6.42 Å². The van der Waals surface area contributed by atoms with Crippen molar-refractivity contribution in [1.29, 1.82) is 0 Å². The van der Waals surface area contributed by atoms with E-state index in [1.165, 1.54) is 19.3 Å². The van der Waals surface area contributed by atoms with Crippen LogP contribution in [0.2, 0.25) is 0 Å². The third-order valence-corrected chi connectivity index (χ3v) is 2.38. The van der Waals surface area contributed by atoms with Crippen LogP contribution in [-0.4, -0.2) is 19.9 Å². The molecule has 0 bridgehead atoms. The molecule has 58 valence electrons. The van der Waals surface area contributed by atoms with Crippen molar-refractivity contribution in [1.82, 2.24) is 5.32 Å². The topological polar surface area (TPSA) is 29.1 Å². The number of hydrogen-bond donors (Lipinski definition) is 1. The average molecular weight is 141 g/mol. The Kier molecular flexibility index (Phi) is 2.44. The van der Waals surface area contributed by atoms with E-state index in [1.54, 1.807) is 0 Å². The van der Waals surface area contributed by atoms with E-state index in [1.807, 2.05) is 7.05 Å². The molecule has 0 heterocycles. The minimum atomic E-state index is 0.421. The van der Waals surface area contributed by atoms with Gasteiger partial charge >= 0.3 is 0 Å². The van der Waals surface area contributed by atoms with Crippen LogP contribution in [0, 0.1) is 5.41 Å². The summed E-state index contributed by atoms with van der Waals surface area (Å²) in [4.78, 5) is 10.2. The molecule has 2 heteroatoms. The molecule has 0 aromatic carbocycles. The molecular weight excluding hydrogens is 126 g/mol. The lowest BCUT2D eigenvalue weighted by Gasteiger charge is -2.09. The summed E-state index contributed by atoms with van der Waals surface area (Å²) in [6, 6.07) is 0. The Bertz CT molecular complexity index is 118. The molecule has 0 aliphatic heterocycles. The Balaban J connectivity index is 2.16. The first-order valence-corrected chi connectivity index (χ1v) is 3.91. The van der Waals surface area contributed by atoms with Gasteiger partial charge in [-0.2, -0.15) is 0 Å². The fourth-order valence-corrected chi connectivity index (χ4v) is 1.30. The molecule has 1 rings (SSSR count). The molecule has 1 aliphatic carbocycles. The number of rotatable bonds is 5. The zero-order chi connectivity index (χ0) is 7.45. The average Bonchev–Trinajstić information content (AvgIpc) is 2.67. The molecule has 0 amide bonds. The summed E-state index contributed by atoms with van der Waals surface area (Å²) in [6.45, 7) is 1.05. The summed E-state index contributed by atoms with van der Waals surface area (Å²) >= 11 is 0. The van der Waals surface area contributed by atoms with Gasteiger partial charge in [0.15, 0.2) is 0 Å². The van der Waals surface area contributed by atoms with Gasteiger partial charge in [0.05, 0.1) is 0 Å². The summed E-state index contributed by atoms with van der Waals surface area (Å²) in [6.07, 6.45) is 5.51. The Labute approximate surface area is 62.0 Å². The SMILES string of the molecule is CNCCC1(CC=O)CC1. The highest BCUT2D eigenvalue weighted by atomic mass is 16.1. The molecular formula is C8H15NO. The lowest BCUT2D eigenvalue weighted by molar-refractivity contribution is -0.108. The number of hydrogen-bond acceptors (Lipinski definition) is 2. The summed E-state index contributed by atoms with van der Waals surface area (Å²) < 4.78 is 0. The van der Waals surface area contributed by atoms with Crippen molar-refractivity contribution in [2.45, 2.75) is 25.7 Å². The molecule has 1 saturated carbocycles. The molecule has 0 aromatic heterocycles. The number of carbonyl (C=O) groups is 1. The molecule has 10 heavy (non-hydrogen) atoms. The smallest absolute Gasteiger partial charge is 0.120 e. The predicted molar refractivity (Wildman–Crippen MR) is 40.9 cm³/mol. The second-order valence-corrected chi connectivity index (χ2v) is 3.22. The van der Waals surface area contributed by atoms with E-state index in [0.717, 1.165) is 19.3 Å². The van der Waals surface area contributed by atoms with E-state index in [2.05, 4.69) is 5.32 Å². The molecule has 2 nitrogen and oxygen atoms in total. The maximum absolute atomic E-state index is 10.2. The number of nitrogens with one attached hydrogen (secondary N) is 1. The number of aldehydes is 1. The van der Waals surface area contributed by atoms with Crippen molar-refractivity contribution in [3.05, 3.63) is 0 Å². The highest BCUT2D eigenvalue weighted by molar-refractivity contribution is 5.51. The van der Waals surface area contributed by atoms with E-state index in [9.17, 15) is 4.79 Å². The lowest BCUT2D eigenvalue weighted by atomic mass is 9.99. The van der Waals surface area contributed by atoms with Crippen LogP contribution in [0.15, 0.2) is 0 Å². The number of carbonyl (C=O) groups excluding carboxylic acids is 1. The summed E-state index contributed by atoms with van der Waals surface area (Å²) in [7, 11) is 1.96. The Morgan fingerprint density at radius 2 is 2.30 bits per heavy atom. The Morgan fingerprint density at radius 1 is 1.60 bits per heavy atom. The fraction of sp³-hybridized carbons (Fsp3) is 0.875. The molecule has 1 fully saturated rings. The Morgan fingerprint density at radius 3 is 2.70 bits per heavy atom. The van der Waals surface area contributed by atoms with Crippen molar-refractivity contribution >= 4 is 6.29 Å². The maximum atomic E-state index is 10.2. The van der Waals surface area contributed by atoms with E-state index in [0.29, 0.717) is 5.41 Å². The van der Waals surface area contributed by atoms with E-state index >= 15 is 0 Å². The van der Waals surface area contributed by atoms with Gasteiger partial charge in [-0.05, 0) is 38.3 Å². The first-order chi connectivity index (χ1) is 4.83. The molecule has 0 radical (unpaired) electrons.